The molecule has 1 unspecified atom stereocenters. The zero-order chi connectivity index (χ0) is 13.3. The maximum absolute atomic E-state index is 11.1. The van der Waals surface area contributed by atoms with Gasteiger partial charge in [0.25, 0.3) is 5.69 Å². The fourth-order valence-corrected chi connectivity index (χ4v) is 2.85. The Morgan fingerprint density at radius 2 is 2.28 bits per heavy atom. The Labute approximate surface area is 114 Å². The summed E-state index contributed by atoms with van der Waals surface area (Å²) < 4.78 is 0.852. The molecule has 0 aliphatic rings. The number of nitrogens with zero attached hydrogens (tertiary/aromatic N) is 2. The van der Waals surface area contributed by atoms with Gasteiger partial charge in [-0.1, -0.05) is 6.92 Å². The third-order valence-corrected chi connectivity index (χ3v) is 4.17. The molecule has 2 aromatic rings. The van der Waals surface area contributed by atoms with Gasteiger partial charge in [-0.25, -0.2) is 4.98 Å². The van der Waals surface area contributed by atoms with Crippen LogP contribution in [0.15, 0.2) is 12.1 Å². The molecule has 1 aromatic heterocycles. The summed E-state index contributed by atoms with van der Waals surface area (Å²) in [5.74, 6) is 0. The van der Waals surface area contributed by atoms with Gasteiger partial charge in [0.1, 0.15) is 0 Å². The van der Waals surface area contributed by atoms with Gasteiger partial charge in [-0.3, -0.25) is 10.1 Å². The van der Waals surface area contributed by atoms with Gasteiger partial charge in [0, 0.05) is 17.0 Å². The largest absolute Gasteiger partial charge is 0.274 e. The maximum Gasteiger partial charge on any atom is 0.274 e. The van der Waals surface area contributed by atoms with E-state index < -0.39 is 0 Å². The Kier molecular flexibility index (Phi) is 3.82. The summed E-state index contributed by atoms with van der Waals surface area (Å²) in [6, 6.07) is 3.40. The lowest BCUT2D eigenvalue weighted by molar-refractivity contribution is -0.385. The van der Waals surface area contributed by atoms with Crippen molar-refractivity contribution in [2.24, 2.45) is 0 Å². The summed E-state index contributed by atoms with van der Waals surface area (Å²) in [6.07, 6.45) is 1.29. The Bertz CT molecular complexity index is 597. The van der Waals surface area contributed by atoms with Crippen LogP contribution in [0.3, 0.4) is 0 Å². The van der Waals surface area contributed by atoms with Crippen LogP contribution in [0.2, 0.25) is 0 Å². The number of thiazole rings is 1. The molecule has 0 spiro atoms. The summed E-state index contributed by atoms with van der Waals surface area (Å²) in [7, 11) is 0. The molecular weight excluding hydrogens is 272 g/mol. The third kappa shape index (κ3) is 2.62. The predicted octanol–water partition coefficient (Wildman–Crippen LogP) is 4.07. The van der Waals surface area contributed by atoms with Crippen molar-refractivity contribution in [3.8, 4) is 0 Å². The maximum atomic E-state index is 11.1. The molecule has 4 nitrogen and oxygen atoms in total. The molecule has 1 aromatic carbocycles. The number of alkyl halides is 1. The molecule has 0 saturated heterocycles. The Morgan fingerprint density at radius 1 is 1.56 bits per heavy atom. The molecule has 0 aliphatic heterocycles. The highest BCUT2D eigenvalue weighted by Crippen LogP contribution is 2.31. The quantitative estimate of drug-likeness (QED) is 0.483. The van der Waals surface area contributed by atoms with Gasteiger partial charge in [-0.15, -0.1) is 22.9 Å². The van der Waals surface area contributed by atoms with Gasteiger partial charge in [0.2, 0.25) is 0 Å². The van der Waals surface area contributed by atoms with E-state index in [0.29, 0.717) is 12.0 Å². The number of hydrogen-bond acceptors (Lipinski definition) is 4. The Morgan fingerprint density at radius 3 is 2.89 bits per heavy atom. The van der Waals surface area contributed by atoms with Crippen LogP contribution in [0.5, 0.6) is 0 Å². The SMILES string of the molecule is CCC(Cl)Cc1cc2nc(C)sc2cc1[N+](=O)[O-]. The van der Waals surface area contributed by atoms with Crippen molar-refractivity contribution >= 4 is 38.8 Å². The summed E-state index contributed by atoms with van der Waals surface area (Å²) in [5.41, 5.74) is 1.63. The zero-order valence-corrected chi connectivity index (χ0v) is 11.7. The molecule has 2 rings (SSSR count). The smallest absolute Gasteiger partial charge is 0.258 e. The van der Waals surface area contributed by atoms with Crippen molar-refractivity contribution in [2.45, 2.75) is 32.1 Å². The minimum Gasteiger partial charge on any atom is -0.258 e. The molecule has 0 fully saturated rings. The second kappa shape index (κ2) is 5.20. The lowest BCUT2D eigenvalue weighted by atomic mass is 10.1. The van der Waals surface area contributed by atoms with E-state index in [0.717, 1.165) is 21.6 Å². The van der Waals surface area contributed by atoms with E-state index >= 15 is 0 Å². The first-order valence-corrected chi connectivity index (χ1v) is 6.95. The van der Waals surface area contributed by atoms with Gasteiger partial charge >= 0.3 is 0 Å². The van der Waals surface area contributed by atoms with Crippen LogP contribution < -0.4 is 0 Å². The molecule has 0 aliphatic carbocycles. The van der Waals surface area contributed by atoms with Gasteiger partial charge < -0.3 is 0 Å². The summed E-state index contributed by atoms with van der Waals surface area (Å²) in [4.78, 5) is 15.1. The molecule has 18 heavy (non-hydrogen) atoms. The van der Waals surface area contributed by atoms with Crippen LogP contribution in [-0.4, -0.2) is 15.3 Å². The minimum atomic E-state index is -0.344. The van der Waals surface area contributed by atoms with E-state index in [2.05, 4.69) is 4.98 Å². The van der Waals surface area contributed by atoms with Crippen LogP contribution in [0.4, 0.5) is 5.69 Å². The van der Waals surface area contributed by atoms with E-state index in [-0.39, 0.29) is 16.0 Å². The number of aryl methyl sites for hydroxylation is 1. The lowest BCUT2D eigenvalue weighted by Crippen LogP contribution is -2.04. The van der Waals surface area contributed by atoms with Crippen molar-refractivity contribution in [1.82, 2.24) is 4.98 Å². The van der Waals surface area contributed by atoms with Crippen LogP contribution >= 0.6 is 22.9 Å². The molecule has 96 valence electrons. The monoisotopic (exact) mass is 284 g/mol. The number of halogens is 1. The van der Waals surface area contributed by atoms with Crippen molar-refractivity contribution in [3.63, 3.8) is 0 Å². The van der Waals surface area contributed by atoms with E-state index in [4.69, 9.17) is 11.6 Å². The summed E-state index contributed by atoms with van der Waals surface area (Å²) in [5, 5.41) is 11.9. The number of fused-ring (bicyclic) bond motifs is 1. The van der Waals surface area contributed by atoms with E-state index in [1.165, 1.54) is 11.3 Å². The predicted molar refractivity (Wildman–Crippen MR) is 74.6 cm³/mol. The Balaban J connectivity index is 2.53. The number of nitro benzene ring substituents is 1. The van der Waals surface area contributed by atoms with Crippen LogP contribution in [0.1, 0.15) is 23.9 Å². The Hall–Kier alpha value is -1.20. The fourth-order valence-electron chi connectivity index (χ4n) is 1.84. The van der Waals surface area contributed by atoms with Crippen molar-refractivity contribution in [1.29, 1.82) is 0 Å². The molecule has 0 radical (unpaired) electrons. The summed E-state index contributed by atoms with van der Waals surface area (Å²) >= 11 is 7.56. The van der Waals surface area contributed by atoms with Crippen molar-refractivity contribution in [3.05, 3.63) is 32.8 Å². The van der Waals surface area contributed by atoms with E-state index in [1.54, 1.807) is 12.1 Å². The highest BCUT2D eigenvalue weighted by Gasteiger charge is 2.19. The van der Waals surface area contributed by atoms with Gasteiger partial charge in [0.05, 0.1) is 20.1 Å². The number of hydrogen-bond donors (Lipinski definition) is 0. The first-order valence-electron chi connectivity index (χ1n) is 5.69. The average Bonchev–Trinajstić information content (AvgIpc) is 2.66. The molecule has 0 amide bonds. The highest BCUT2D eigenvalue weighted by atomic mass is 35.5. The molecule has 1 heterocycles. The summed E-state index contributed by atoms with van der Waals surface area (Å²) in [6.45, 7) is 3.86. The zero-order valence-electron chi connectivity index (χ0n) is 10.1. The third-order valence-electron chi connectivity index (χ3n) is 2.78. The van der Waals surface area contributed by atoms with Crippen LogP contribution in [-0.2, 0) is 6.42 Å². The number of benzene rings is 1. The number of aromatic nitrogens is 1. The molecule has 6 heteroatoms. The van der Waals surface area contributed by atoms with E-state index in [1.807, 2.05) is 13.8 Å². The van der Waals surface area contributed by atoms with Crippen molar-refractivity contribution in [2.75, 3.05) is 0 Å². The number of rotatable bonds is 4. The second-order valence-electron chi connectivity index (χ2n) is 4.15. The highest BCUT2D eigenvalue weighted by molar-refractivity contribution is 7.18. The fraction of sp³-hybridized carbons (Fsp3) is 0.417. The topological polar surface area (TPSA) is 56.0 Å². The molecular formula is C12H13ClN2O2S. The molecule has 0 saturated carbocycles. The van der Waals surface area contributed by atoms with Crippen LogP contribution in [0.25, 0.3) is 10.2 Å². The first kappa shape index (κ1) is 13.2. The minimum absolute atomic E-state index is 0.0825. The standard InChI is InChI=1S/C12H13ClN2O2S/c1-3-9(13)4-8-5-10-12(18-7(2)14-10)6-11(8)15(16)17/h5-6,9H,3-4H2,1-2H3. The normalized spacial score (nSPS) is 12.8. The van der Waals surface area contributed by atoms with Crippen molar-refractivity contribution < 1.29 is 4.92 Å². The molecule has 0 bridgehead atoms. The molecule has 0 N–H and O–H groups in total. The lowest BCUT2D eigenvalue weighted by Gasteiger charge is -2.07. The van der Waals surface area contributed by atoms with E-state index in [9.17, 15) is 10.1 Å². The number of nitro groups is 1. The first-order chi connectivity index (χ1) is 8.51. The van der Waals surface area contributed by atoms with Gasteiger partial charge in [-0.2, -0.15) is 0 Å². The molecule has 1 atom stereocenters. The van der Waals surface area contributed by atoms with Gasteiger partial charge in [0.15, 0.2) is 0 Å². The van der Waals surface area contributed by atoms with Gasteiger partial charge in [-0.05, 0) is 25.8 Å². The average molecular weight is 285 g/mol. The van der Waals surface area contributed by atoms with Crippen LogP contribution in [0, 0.1) is 17.0 Å². The second-order valence-corrected chi connectivity index (χ2v) is 6.00.